The molecule has 0 aromatic rings. The maximum absolute atomic E-state index is 13.1. The highest BCUT2D eigenvalue weighted by atomic mass is 31.2. The topological polar surface area (TPSA) is 237 Å². The van der Waals surface area contributed by atoms with Crippen molar-refractivity contribution in [3.63, 3.8) is 0 Å². The van der Waals surface area contributed by atoms with E-state index in [1.165, 1.54) is 199 Å². The summed E-state index contributed by atoms with van der Waals surface area (Å²) in [5.41, 5.74) is 0. The van der Waals surface area contributed by atoms with Crippen molar-refractivity contribution in [2.45, 2.75) is 406 Å². The average molecular weight is 1370 g/mol. The van der Waals surface area contributed by atoms with Crippen LogP contribution in [0.2, 0.25) is 0 Å². The Bertz CT molecular complexity index is 1790. The third-order valence-corrected chi connectivity index (χ3v) is 19.5. The first-order valence-electron chi connectivity index (χ1n) is 38.7. The second-order valence-corrected chi connectivity index (χ2v) is 29.8. The number of unbranched alkanes of at least 4 members (excludes halogenated alkanes) is 45. The van der Waals surface area contributed by atoms with Crippen molar-refractivity contribution in [2.24, 2.45) is 5.92 Å². The second-order valence-electron chi connectivity index (χ2n) is 26.9. The van der Waals surface area contributed by atoms with Crippen LogP contribution >= 0.6 is 15.6 Å². The molecular formula is C74H144O17P2. The third kappa shape index (κ3) is 67.0. The van der Waals surface area contributed by atoms with Gasteiger partial charge in [0, 0.05) is 25.7 Å². The Hall–Kier alpha value is -1.94. The van der Waals surface area contributed by atoms with Crippen LogP contribution in [0.25, 0.3) is 0 Å². The van der Waals surface area contributed by atoms with Gasteiger partial charge in [-0.2, -0.15) is 0 Å². The van der Waals surface area contributed by atoms with Gasteiger partial charge in [-0.1, -0.05) is 336 Å². The minimum Gasteiger partial charge on any atom is -0.462 e. The van der Waals surface area contributed by atoms with Gasteiger partial charge < -0.3 is 33.8 Å². The van der Waals surface area contributed by atoms with Crippen LogP contribution in [-0.4, -0.2) is 96.7 Å². The van der Waals surface area contributed by atoms with E-state index in [0.29, 0.717) is 25.7 Å². The zero-order valence-electron chi connectivity index (χ0n) is 60.4. The Morgan fingerprint density at radius 1 is 0.301 bits per heavy atom. The van der Waals surface area contributed by atoms with Gasteiger partial charge in [0.05, 0.1) is 26.4 Å². The molecule has 3 unspecified atom stereocenters. The van der Waals surface area contributed by atoms with Crippen LogP contribution in [0.5, 0.6) is 0 Å². The normalized spacial score (nSPS) is 14.3. The zero-order chi connectivity index (χ0) is 68.4. The lowest BCUT2D eigenvalue weighted by atomic mass is 9.99. The fourth-order valence-electron chi connectivity index (χ4n) is 11.3. The lowest BCUT2D eigenvalue weighted by molar-refractivity contribution is -0.161. The standard InChI is InChI=1S/C74H144O17P2/c1-6-10-13-16-19-21-23-25-27-28-29-30-32-34-36-38-44-49-54-59-73(78)90-70(64-85-72(77)58-53-48-43-37-35-33-31-26-24-22-20-17-14-11-7-2)66-89-93(82,83)87-62-68(75)61-86-92(80,81)88-65-69(63-84-71(76)57-52-47-41-18-15-12-8-3)91-74(79)60-55-50-45-40-39-42-46-51-56-67(5)9-4/h67-70,75H,6-66H2,1-5H3,(H,80,81)(H,82,83)/t67?,68-,69+,70+/m0/s1. The second kappa shape index (κ2) is 67.3. The number of carbonyl (C=O) groups is 4. The van der Waals surface area contributed by atoms with Crippen molar-refractivity contribution in [3.8, 4) is 0 Å². The fraction of sp³-hybridized carbons (Fsp3) is 0.946. The molecule has 0 aromatic heterocycles. The number of ether oxygens (including phenoxy) is 4. The molecule has 0 aliphatic carbocycles. The number of aliphatic hydroxyl groups is 1. The van der Waals surface area contributed by atoms with E-state index in [1.54, 1.807) is 0 Å². The molecule has 3 N–H and O–H groups in total. The number of phosphoric acid groups is 2. The lowest BCUT2D eigenvalue weighted by Crippen LogP contribution is -2.30. The molecule has 0 fully saturated rings. The van der Waals surface area contributed by atoms with Crippen LogP contribution in [0, 0.1) is 5.92 Å². The molecule has 0 radical (unpaired) electrons. The SMILES string of the molecule is CCCCCCCCCCCCCCCCCCCCCC(=O)O[C@H](COC(=O)CCCCCCCCCCCCCCCCC)COP(=O)(O)OC[C@@H](O)COP(=O)(O)OC[C@@H](COC(=O)CCCCCCCCC)OC(=O)CCCCCCCCCCC(C)CC. The summed E-state index contributed by atoms with van der Waals surface area (Å²) in [6, 6.07) is 0. The average Bonchev–Trinajstić information content (AvgIpc) is 2.05. The summed E-state index contributed by atoms with van der Waals surface area (Å²) in [6.07, 6.45) is 55.6. The van der Waals surface area contributed by atoms with Gasteiger partial charge in [0.25, 0.3) is 0 Å². The molecule has 0 heterocycles. The van der Waals surface area contributed by atoms with E-state index in [1.807, 2.05) is 0 Å². The molecule has 552 valence electrons. The highest BCUT2D eigenvalue weighted by molar-refractivity contribution is 7.47. The van der Waals surface area contributed by atoms with Gasteiger partial charge >= 0.3 is 39.5 Å². The largest absolute Gasteiger partial charge is 0.472 e. The smallest absolute Gasteiger partial charge is 0.462 e. The minimum atomic E-state index is -4.95. The van der Waals surface area contributed by atoms with Gasteiger partial charge in [-0.15, -0.1) is 0 Å². The first-order chi connectivity index (χ1) is 45.1. The van der Waals surface area contributed by atoms with Gasteiger partial charge in [-0.3, -0.25) is 37.3 Å². The number of phosphoric ester groups is 2. The molecule has 0 aliphatic rings. The molecule has 0 saturated carbocycles. The molecule has 19 heteroatoms. The van der Waals surface area contributed by atoms with Crippen molar-refractivity contribution in [2.75, 3.05) is 39.6 Å². The Morgan fingerprint density at radius 3 is 0.763 bits per heavy atom. The van der Waals surface area contributed by atoms with Crippen LogP contribution in [0.1, 0.15) is 388 Å². The van der Waals surface area contributed by atoms with Crippen molar-refractivity contribution in [3.05, 3.63) is 0 Å². The van der Waals surface area contributed by atoms with Crippen molar-refractivity contribution in [1.29, 1.82) is 0 Å². The van der Waals surface area contributed by atoms with Crippen LogP contribution in [0.15, 0.2) is 0 Å². The molecule has 0 aliphatic heterocycles. The number of aliphatic hydroxyl groups excluding tert-OH is 1. The number of esters is 4. The minimum absolute atomic E-state index is 0.105. The maximum Gasteiger partial charge on any atom is 0.472 e. The Morgan fingerprint density at radius 2 is 0.516 bits per heavy atom. The number of carbonyl (C=O) groups excluding carboxylic acids is 4. The van der Waals surface area contributed by atoms with Gasteiger partial charge in [0.1, 0.15) is 19.3 Å². The van der Waals surface area contributed by atoms with Crippen LogP contribution in [0.3, 0.4) is 0 Å². The van der Waals surface area contributed by atoms with Crippen molar-refractivity contribution < 1.29 is 80.2 Å². The van der Waals surface area contributed by atoms with E-state index < -0.39 is 97.5 Å². The van der Waals surface area contributed by atoms with E-state index in [2.05, 4.69) is 34.6 Å². The summed E-state index contributed by atoms with van der Waals surface area (Å²) in [5.74, 6) is -1.35. The Labute approximate surface area is 568 Å². The zero-order valence-corrected chi connectivity index (χ0v) is 62.2. The van der Waals surface area contributed by atoms with Crippen molar-refractivity contribution >= 4 is 39.5 Å². The summed E-state index contributed by atoms with van der Waals surface area (Å²) in [5, 5.41) is 10.6. The molecular weight excluding hydrogens is 1220 g/mol. The molecule has 0 saturated heterocycles. The van der Waals surface area contributed by atoms with Crippen LogP contribution in [-0.2, 0) is 65.4 Å². The van der Waals surface area contributed by atoms with E-state index in [9.17, 15) is 43.2 Å². The van der Waals surface area contributed by atoms with E-state index >= 15 is 0 Å². The van der Waals surface area contributed by atoms with Gasteiger partial charge in [-0.25, -0.2) is 9.13 Å². The third-order valence-electron chi connectivity index (χ3n) is 17.6. The molecule has 93 heavy (non-hydrogen) atoms. The quantitative estimate of drug-likeness (QED) is 0.0222. The number of rotatable bonds is 74. The predicted molar refractivity (Wildman–Crippen MR) is 377 cm³/mol. The van der Waals surface area contributed by atoms with E-state index in [0.717, 1.165) is 109 Å². The number of hydrogen-bond acceptors (Lipinski definition) is 15. The van der Waals surface area contributed by atoms with Crippen LogP contribution < -0.4 is 0 Å². The molecule has 0 aromatic carbocycles. The molecule has 0 spiro atoms. The Balaban J connectivity index is 5.19. The summed E-state index contributed by atoms with van der Waals surface area (Å²) in [6.45, 7) is 7.23. The van der Waals surface area contributed by atoms with E-state index in [4.69, 9.17) is 37.0 Å². The predicted octanol–water partition coefficient (Wildman–Crippen LogP) is 21.7. The van der Waals surface area contributed by atoms with Crippen molar-refractivity contribution in [1.82, 2.24) is 0 Å². The van der Waals surface area contributed by atoms with Gasteiger partial charge in [-0.05, 0) is 31.6 Å². The first-order valence-corrected chi connectivity index (χ1v) is 41.7. The summed E-state index contributed by atoms with van der Waals surface area (Å²) in [7, 11) is -9.90. The van der Waals surface area contributed by atoms with E-state index in [-0.39, 0.29) is 25.7 Å². The monoisotopic (exact) mass is 1370 g/mol. The molecule has 17 nitrogen and oxygen atoms in total. The molecule has 0 rings (SSSR count). The molecule has 0 amide bonds. The molecule has 0 bridgehead atoms. The first kappa shape index (κ1) is 91.1. The lowest BCUT2D eigenvalue weighted by Gasteiger charge is -2.21. The Kier molecular flexibility index (Phi) is 65.9. The maximum atomic E-state index is 13.1. The highest BCUT2D eigenvalue weighted by Crippen LogP contribution is 2.45. The summed E-state index contributed by atoms with van der Waals surface area (Å²) >= 11 is 0. The highest BCUT2D eigenvalue weighted by Gasteiger charge is 2.30. The van der Waals surface area contributed by atoms with Gasteiger partial charge in [0.2, 0.25) is 0 Å². The fourth-order valence-corrected chi connectivity index (χ4v) is 12.9. The summed E-state index contributed by atoms with van der Waals surface area (Å²) < 4.78 is 68.3. The molecule has 6 atom stereocenters. The van der Waals surface area contributed by atoms with Gasteiger partial charge in [0.15, 0.2) is 12.2 Å². The summed E-state index contributed by atoms with van der Waals surface area (Å²) in [4.78, 5) is 72.6. The number of hydrogen-bond donors (Lipinski definition) is 3. The van der Waals surface area contributed by atoms with Crippen LogP contribution in [0.4, 0.5) is 0 Å².